The quantitative estimate of drug-likeness (QED) is 0.431. The second-order valence-electron chi connectivity index (χ2n) is 7.30. The molecule has 0 aliphatic carbocycles. The van der Waals surface area contributed by atoms with E-state index in [1.807, 2.05) is 60.8 Å². The van der Waals surface area contributed by atoms with Gasteiger partial charge in [0.05, 0.1) is 31.2 Å². The highest BCUT2D eigenvalue weighted by molar-refractivity contribution is 5.64. The molecule has 154 valence electrons. The van der Waals surface area contributed by atoms with Gasteiger partial charge in [-0.25, -0.2) is 9.97 Å². The minimum absolute atomic E-state index is 0.0901. The average molecular weight is 411 g/mol. The summed E-state index contributed by atoms with van der Waals surface area (Å²) in [5, 5.41) is 11.0. The first-order chi connectivity index (χ1) is 15.2. The number of ether oxygens (including phenoxy) is 1. The van der Waals surface area contributed by atoms with E-state index in [2.05, 4.69) is 12.1 Å². The number of hydrogen-bond donors (Lipinski definition) is 1. The molecule has 0 fully saturated rings. The Morgan fingerprint density at radius 1 is 0.935 bits per heavy atom. The molecule has 0 bridgehead atoms. The summed E-state index contributed by atoms with van der Waals surface area (Å²) in [6.07, 6.45) is 4.43. The van der Waals surface area contributed by atoms with Crippen molar-refractivity contribution in [2.75, 3.05) is 7.11 Å². The van der Waals surface area contributed by atoms with Crippen molar-refractivity contribution < 1.29 is 14.3 Å². The standard InChI is InChI=1S/C25H21N3O3/c1-30-19-10-5-9-18(14-19)23-16-28-24(21(26-23)13-17-7-3-2-4-8-17)27-22(25(28)29)15-20-11-6-12-31-20/h2-12,14,16,29H,13,15H2,1H3. The monoisotopic (exact) mass is 411 g/mol. The highest BCUT2D eigenvalue weighted by Gasteiger charge is 2.18. The van der Waals surface area contributed by atoms with Crippen molar-refractivity contribution >= 4 is 5.65 Å². The van der Waals surface area contributed by atoms with E-state index in [4.69, 9.17) is 19.1 Å². The molecular formula is C25H21N3O3. The van der Waals surface area contributed by atoms with Gasteiger partial charge in [0.2, 0.25) is 5.88 Å². The van der Waals surface area contributed by atoms with Crippen LogP contribution in [0.4, 0.5) is 0 Å². The van der Waals surface area contributed by atoms with Gasteiger partial charge in [-0.2, -0.15) is 0 Å². The number of aromatic nitrogens is 3. The van der Waals surface area contributed by atoms with E-state index >= 15 is 0 Å². The van der Waals surface area contributed by atoms with Crippen LogP contribution < -0.4 is 4.74 Å². The molecule has 0 atom stereocenters. The number of fused-ring (bicyclic) bond motifs is 1. The van der Waals surface area contributed by atoms with Gasteiger partial charge in [-0.1, -0.05) is 42.5 Å². The zero-order valence-corrected chi connectivity index (χ0v) is 17.0. The van der Waals surface area contributed by atoms with Crippen molar-refractivity contribution in [1.29, 1.82) is 0 Å². The van der Waals surface area contributed by atoms with E-state index in [1.165, 1.54) is 0 Å². The van der Waals surface area contributed by atoms with Crippen LogP contribution in [0.5, 0.6) is 11.6 Å². The Morgan fingerprint density at radius 3 is 2.58 bits per heavy atom. The third kappa shape index (κ3) is 3.75. The molecule has 0 spiro atoms. The zero-order valence-electron chi connectivity index (χ0n) is 17.0. The summed E-state index contributed by atoms with van der Waals surface area (Å²) in [5.41, 5.74) is 4.72. The van der Waals surface area contributed by atoms with Gasteiger partial charge in [0, 0.05) is 18.2 Å². The van der Waals surface area contributed by atoms with Crippen molar-refractivity contribution in [2.24, 2.45) is 0 Å². The largest absolute Gasteiger partial charge is 0.497 e. The van der Waals surface area contributed by atoms with E-state index in [0.29, 0.717) is 24.2 Å². The number of benzene rings is 2. The molecule has 0 aliphatic rings. The highest BCUT2D eigenvalue weighted by Crippen LogP contribution is 2.29. The van der Waals surface area contributed by atoms with E-state index in [1.54, 1.807) is 17.8 Å². The van der Waals surface area contributed by atoms with Crippen LogP contribution in [-0.4, -0.2) is 26.6 Å². The number of imidazole rings is 1. The molecule has 5 rings (SSSR count). The fraction of sp³-hybridized carbons (Fsp3) is 0.120. The maximum atomic E-state index is 11.0. The fourth-order valence-electron chi connectivity index (χ4n) is 3.67. The van der Waals surface area contributed by atoms with Gasteiger partial charge < -0.3 is 14.3 Å². The molecular weight excluding hydrogens is 390 g/mol. The number of rotatable bonds is 6. The SMILES string of the molecule is COc1cccc(-c2cn3c(O)c(Cc4ccco4)nc3c(Cc3ccccc3)n2)c1. The van der Waals surface area contributed by atoms with Crippen LogP contribution in [0, 0.1) is 0 Å². The Morgan fingerprint density at radius 2 is 1.81 bits per heavy atom. The van der Waals surface area contributed by atoms with Crippen molar-refractivity contribution in [1.82, 2.24) is 14.4 Å². The Hall–Kier alpha value is -4.06. The molecule has 2 aromatic carbocycles. The third-order valence-electron chi connectivity index (χ3n) is 5.22. The second kappa shape index (κ2) is 7.99. The summed E-state index contributed by atoms with van der Waals surface area (Å²) in [6, 6.07) is 21.5. The van der Waals surface area contributed by atoms with E-state index in [0.717, 1.165) is 34.0 Å². The minimum Gasteiger partial charge on any atom is -0.497 e. The lowest BCUT2D eigenvalue weighted by atomic mass is 10.1. The predicted molar refractivity (Wildman–Crippen MR) is 117 cm³/mol. The van der Waals surface area contributed by atoms with Crippen LogP contribution in [-0.2, 0) is 12.8 Å². The maximum absolute atomic E-state index is 11.0. The van der Waals surface area contributed by atoms with Crippen LogP contribution >= 0.6 is 0 Å². The molecule has 0 saturated heterocycles. The van der Waals surface area contributed by atoms with Crippen LogP contribution in [0.2, 0.25) is 0 Å². The van der Waals surface area contributed by atoms with E-state index < -0.39 is 0 Å². The molecule has 5 aromatic rings. The molecule has 3 heterocycles. The summed E-state index contributed by atoms with van der Waals surface area (Å²) in [7, 11) is 1.64. The van der Waals surface area contributed by atoms with Crippen molar-refractivity contribution in [2.45, 2.75) is 12.8 Å². The van der Waals surface area contributed by atoms with E-state index in [9.17, 15) is 5.11 Å². The van der Waals surface area contributed by atoms with Crippen LogP contribution in [0.1, 0.15) is 22.7 Å². The summed E-state index contributed by atoms with van der Waals surface area (Å²) >= 11 is 0. The predicted octanol–water partition coefficient (Wildman–Crippen LogP) is 4.89. The topological polar surface area (TPSA) is 72.8 Å². The summed E-state index contributed by atoms with van der Waals surface area (Å²) < 4.78 is 12.5. The smallest absolute Gasteiger partial charge is 0.219 e. The number of furan rings is 1. The molecule has 3 aromatic heterocycles. The number of nitrogens with zero attached hydrogens (tertiary/aromatic N) is 3. The first-order valence-electron chi connectivity index (χ1n) is 10.0. The average Bonchev–Trinajstić information content (AvgIpc) is 3.43. The second-order valence-corrected chi connectivity index (χ2v) is 7.30. The first-order valence-corrected chi connectivity index (χ1v) is 10.0. The number of aromatic hydroxyl groups is 1. The fourth-order valence-corrected chi connectivity index (χ4v) is 3.67. The van der Waals surface area contributed by atoms with Gasteiger partial charge in [0.1, 0.15) is 17.2 Å². The van der Waals surface area contributed by atoms with Gasteiger partial charge in [-0.3, -0.25) is 4.40 Å². The minimum atomic E-state index is 0.0901. The third-order valence-corrected chi connectivity index (χ3v) is 5.22. The van der Waals surface area contributed by atoms with E-state index in [-0.39, 0.29) is 5.88 Å². The Balaban J connectivity index is 1.66. The molecule has 0 amide bonds. The van der Waals surface area contributed by atoms with Gasteiger partial charge in [-0.05, 0) is 29.8 Å². The molecule has 0 radical (unpaired) electrons. The Bertz CT molecular complexity index is 1330. The van der Waals surface area contributed by atoms with Crippen molar-refractivity contribution in [3.05, 3.63) is 102 Å². The molecule has 31 heavy (non-hydrogen) atoms. The van der Waals surface area contributed by atoms with Gasteiger partial charge in [0.25, 0.3) is 0 Å². The lowest BCUT2D eigenvalue weighted by Crippen LogP contribution is -2.01. The first kappa shape index (κ1) is 18.9. The zero-order chi connectivity index (χ0) is 21.2. The van der Waals surface area contributed by atoms with Crippen LogP contribution in [0.15, 0.2) is 83.6 Å². The molecule has 1 N–H and O–H groups in total. The van der Waals surface area contributed by atoms with Crippen LogP contribution in [0.3, 0.4) is 0 Å². The molecule has 0 saturated carbocycles. The highest BCUT2D eigenvalue weighted by atomic mass is 16.5. The normalized spacial score (nSPS) is 11.1. The van der Waals surface area contributed by atoms with Gasteiger partial charge in [-0.15, -0.1) is 0 Å². The van der Waals surface area contributed by atoms with Crippen molar-refractivity contribution in [3.63, 3.8) is 0 Å². The van der Waals surface area contributed by atoms with Gasteiger partial charge >= 0.3 is 0 Å². The lowest BCUT2D eigenvalue weighted by Gasteiger charge is -2.09. The maximum Gasteiger partial charge on any atom is 0.219 e. The van der Waals surface area contributed by atoms with Gasteiger partial charge in [0.15, 0.2) is 5.65 Å². The Kier molecular flexibility index (Phi) is 4.88. The lowest BCUT2D eigenvalue weighted by molar-refractivity contribution is 0.415. The molecule has 6 heteroatoms. The van der Waals surface area contributed by atoms with Crippen molar-refractivity contribution in [3.8, 4) is 22.9 Å². The van der Waals surface area contributed by atoms with Crippen LogP contribution in [0.25, 0.3) is 16.9 Å². The Labute approximate surface area is 179 Å². The summed E-state index contributed by atoms with van der Waals surface area (Å²) in [6.45, 7) is 0. The number of methoxy groups -OCH3 is 1. The summed E-state index contributed by atoms with van der Waals surface area (Å²) in [5.74, 6) is 1.58. The summed E-state index contributed by atoms with van der Waals surface area (Å²) in [4.78, 5) is 9.64. The molecule has 0 unspecified atom stereocenters. The molecule has 6 nitrogen and oxygen atoms in total. The number of hydrogen-bond acceptors (Lipinski definition) is 5. The molecule has 0 aliphatic heterocycles.